The molecular weight excluding hydrogens is 224 g/mol. The van der Waals surface area contributed by atoms with E-state index in [2.05, 4.69) is 9.97 Å². The van der Waals surface area contributed by atoms with Gasteiger partial charge in [-0.05, 0) is 25.0 Å². The van der Waals surface area contributed by atoms with Gasteiger partial charge in [0.1, 0.15) is 17.5 Å². The zero-order valence-corrected chi connectivity index (χ0v) is 9.00. The molecule has 3 rings (SSSR count). The Morgan fingerprint density at radius 1 is 1.24 bits per heavy atom. The van der Waals surface area contributed by atoms with Gasteiger partial charge < -0.3 is 10.7 Å². The SMILES string of the molecule is NC1(c2ncc(-c3c(F)cccc3F)[nH]2)CC1. The summed E-state index contributed by atoms with van der Waals surface area (Å²) in [4.78, 5) is 6.99. The van der Waals surface area contributed by atoms with Crippen molar-refractivity contribution in [2.75, 3.05) is 0 Å². The molecule has 1 saturated carbocycles. The topological polar surface area (TPSA) is 54.7 Å². The second-order valence-electron chi connectivity index (χ2n) is 4.40. The molecule has 0 atom stereocenters. The summed E-state index contributed by atoms with van der Waals surface area (Å²) < 4.78 is 27.1. The van der Waals surface area contributed by atoms with Crippen molar-refractivity contribution in [1.82, 2.24) is 9.97 Å². The number of hydrogen-bond donors (Lipinski definition) is 2. The van der Waals surface area contributed by atoms with Gasteiger partial charge in [-0.15, -0.1) is 0 Å². The smallest absolute Gasteiger partial charge is 0.135 e. The molecule has 1 fully saturated rings. The number of nitrogens with zero attached hydrogens (tertiary/aromatic N) is 1. The Labute approximate surface area is 96.7 Å². The lowest BCUT2D eigenvalue weighted by Crippen LogP contribution is -2.20. The fraction of sp³-hybridized carbons (Fsp3) is 0.250. The number of nitrogens with one attached hydrogen (secondary N) is 1. The molecule has 1 aliphatic carbocycles. The van der Waals surface area contributed by atoms with Gasteiger partial charge in [0.15, 0.2) is 0 Å². The highest BCUT2D eigenvalue weighted by Crippen LogP contribution is 2.41. The maximum absolute atomic E-state index is 13.5. The quantitative estimate of drug-likeness (QED) is 0.839. The molecule has 0 bridgehead atoms. The number of H-pyrrole nitrogens is 1. The number of imidazole rings is 1. The number of hydrogen-bond acceptors (Lipinski definition) is 2. The number of aromatic nitrogens is 2. The van der Waals surface area contributed by atoms with Gasteiger partial charge in [-0.25, -0.2) is 13.8 Å². The van der Waals surface area contributed by atoms with Crippen molar-refractivity contribution in [2.45, 2.75) is 18.4 Å². The molecule has 2 aromatic rings. The molecule has 0 aliphatic heterocycles. The zero-order chi connectivity index (χ0) is 12.0. The van der Waals surface area contributed by atoms with E-state index in [0.717, 1.165) is 12.8 Å². The van der Waals surface area contributed by atoms with Gasteiger partial charge >= 0.3 is 0 Å². The van der Waals surface area contributed by atoms with E-state index in [1.165, 1.54) is 24.4 Å². The maximum Gasteiger partial charge on any atom is 0.135 e. The van der Waals surface area contributed by atoms with E-state index in [9.17, 15) is 8.78 Å². The lowest BCUT2D eigenvalue weighted by atomic mass is 10.1. The van der Waals surface area contributed by atoms with Crippen LogP contribution in [-0.2, 0) is 5.54 Å². The van der Waals surface area contributed by atoms with Crippen LogP contribution in [0.1, 0.15) is 18.7 Å². The second kappa shape index (κ2) is 3.37. The van der Waals surface area contributed by atoms with Crippen LogP contribution in [0, 0.1) is 11.6 Å². The van der Waals surface area contributed by atoms with E-state index >= 15 is 0 Å². The average molecular weight is 235 g/mol. The van der Waals surface area contributed by atoms with Crippen LogP contribution in [0.25, 0.3) is 11.3 Å². The first-order chi connectivity index (χ1) is 8.10. The Balaban J connectivity index is 2.07. The van der Waals surface area contributed by atoms with Crippen molar-refractivity contribution >= 4 is 0 Å². The van der Waals surface area contributed by atoms with Crippen molar-refractivity contribution in [2.24, 2.45) is 5.73 Å². The minimum absolute atomic E-state index is 0.0875. The third kappa shape index (κ3) is 1.63. The first-order valence-electron chi connectivity index (χ1n) is 5.39. The molecule has 17 heavy (non-hydrogen) atoms. The summed E-state index contributed by atoms with van der Waals surface area (Å²) in [5.41, 5.74) is 5.76. The van der Waals surface area contributed by atoms with Crippen molar-refractivity contribution in [1.29, 1.82) is 0 Å². The van der Waals surface area contributed by atoms with Crippen molar-refractivity contribution < 1.29 is 8.78 Å². The van der Waals surface area contributed by atoms with Gasteiger partial charge in [0.05, 0.1) is 23.0 Å². The van der Waals surface area contributed by atoms with Crippen LogP contribution >= 0.6 is 0 Å². The molecule has 0 radical (unpaired) electrons. The molecule has 3 N–H and O–H groups in total. The minimum Gasteiger partial charge on any atom is -0.340 e. The minimum atomic E-state index is -0.609. The Hall–Kier alpha value is -1.75. The first-order valence-corrected chi connectivity index (χ1v) is 5.39. The van der Waals surface area contributed by atoms with E-state index in [-0.39, 0.29) is 5.56 Å². The molecule has 1 aliphatic rings. The number of rotatable bonds is 2. The van der Waals surface area contributed by atoms with E-state index in [1.807, 2.05) is 0 Å². The zero-order valence-electron chi connectivity index (χ0n) is 9.00. The summed E-state index contributed by atoms with van der Waals surface area (Å²) in [5.74, 6) is -0.626. The van der Waals surface area contributed by atoms with Crippen LogP contribution in [0.3, 0.4) is 0 Å². The van der Waals surface area contributed by atoms with Crippen LogP contribution < -0.4 is 5.73 Å². The number of halogens is 2. The Morgan fingerprint density at radius 3 is 2.47 bits per heavy atom. The van der Waals surface area contributed by atoms with Gasteiger partial charge in [0.25, 0.3) is 0 Å². The van der Waals surface area contributed by atoms with Crippen LogP contribution in [-0.4, -0.2) is 9.97 Å². The Morgan fingerprint density at radius 2 is 1.88 bits per heavy atom. The van der Waals surface area contributed by atoms with E-state index in [1.54, 1.807) is 0 Å². The van der Waals surface area contributed by atoms with Gasteiger partial charge in [0.2, 0.25) is 0 Å². The average Bonchev–Trinajstić information content (AvgIpc) is 2.86. The predicted octanol–water partition coefficient (Wildman–Crippen LogP) is 2.30. The summed E-state index contributed by atoms with van der Waals surface area (Å²) in [7, 11) is 0. The predicted molar refractivity (Wildman–Crippen MR) is 59.0 cm³/mol. The van der Waals surface area contributed by atoms with Crippen molar-refractivity contribution in [3.63, 3.8) is 0 Å². The molecule has 0 unspecified atom stereocenters. The molecule has 1 aromatic heterocycles. The fourth-order valence-corrected chi connectivity index (χ4v) is 1.83. The molecule has 0 amide bonds. The summed E-state index contributed by atoms with van der Waals surface area (Å²) in [6.45, 7) is 0. The lowest BCUT2D eigenvalue weighted by molar-refractivity contribution is 0.588. The fourth-order valence-electron chi connectivity index (χ4n) is 1.83. The van der Waals surface area contributed by atoms with Crippen LogP contribution in [0.4, 0.5) is 8.78 Å². The van der Waals surface area contributed by atoms with Crippen LogP contribution in [0.5, 0.6) is 0 Å². The molecule has 0 saturated heterocycles. The summed E-state index contributed by atoms with van der Waals surface area (Å²) in [6, 6.07) is 3.76. The number of nitrogens with two attached hydrogens (primary N) is 1. The Bertz CT molecular complexity index is 553. The third-order valence-corrected chi connectivity index (χ3v) is 3.07. The van der Waals surface area contributed by atoms with Crippen LogP contribution in [0.15, 0.2) is 24.4 Å². The van der Waals surface area contributed by atoms with Gasteiger partial charge in [0, 0.05) is 0 Å². The van der Waals surface area contributed by atoms with Crippen molar-refractivity contribution in [3.8, 4) is 11.3 Å². The summed E-state index contributed by atoms with van der Waals surface area (Å²) in [5, 5.41) is 0. The van der Waals surface area contributed by atoms with Gasteiger partial charge in [-0.1, -0.05) is 6.07 Å². The number of benzene rings is 1. The van der Waals surface area contributed by atoms with E-state index < -0.39 is 17.2 Å². The highest BCUT2D eigenvalue weighted by atomic mass is 19.1. The second-order valence-corrected chi connectivity index (χ2v) is 4.40. The first kappa shape index (κ1) is 10.4. The molecule has 5 heteroatoms. The lowest BCUT2D eigenvalue weighted by Gasteiger charge is -2.04. The highest BCUT2D eigenvalue weighted by molar-refractivity contribution is 5.60. The van der Waals surface area contributed by atoms with Crippen LogP contribution in [0.2, 0.25) is 0 Å². The van der Waals surface area contributed by atoms with E-state index in [0.29, 0.717) is 11.5 Å². The molecule has 1 heterocycles. The summed E-state index contributed by atoms with van der Waals surface area (Å²) >= 11 is 0. The normalized spacial score (nSPS) is 17.1. The van der Waals surface area contributed by atoms with E-state index in [4.69, 9.17) is 5.73 Å². The molecule has 88 valence electrons. The number of aromatic amines is 1. The Kier molecular flexibility index (Phi) is 2.06. The summed E-state index contributed by atoms with van der Waals surface area (Å²) in [6.07, 6.45) is 3.11. The van der Waals surface area contributed by atoms with Gasteiger partial charge in [-0.3, -0.25) is 0 Å². The highest BCUT2D eigenvalue weighted by Gasteiger charge is 2.43. The molecule has 1 aromatic carbocycles. The third-order valence-electron chi connectivity index (χ3n) is 3.07. The van der Waals surface area contributed by atoms with Crippen molar-refractivity contribution in [3.05, 3.63) is 41.9 Å². The monoisotopic (exact) mass is 235 g/mol. The molecule has 3 nitrogen and oxygen atoms in total. The maximum atomic E-state index is 13.5. The molecule has 0 spiro atoms. The standard InChI is InChI=1S/C12H11F2N3/c13-7-2-1-3-8(14)10(7)9-6-16-11(17-9)12(15)4-5-12/h1-3,6H,4-5,15H2,(H,16,17). The largest absolute Gasteiger partial charge is 0.340 e. The van der Waals surface area contributed by atoms with Gasteiger partial charge in [-0.2, -0.15) is 0 Å². The molecular formula is C12H11F2N3.